The molecule has 1 nitrogen and oxygen atoms in total. The highest BCUT2D eigenvalue weighted by molar-refractivity contribution is 6.99. The van der Waals surface area contributed by atoms with E-state index < -0.39 is 16.1 Å². The minimum absolute atomic E-state index is 0.274. The van der Waals surface area contributed by atoms with Gasteiger partial charge in [0, 0.05) is 6.42 Å². The first kappa shape index (κ1) is 14.0. The minimum Gasteiger partial charge on any atom is -0.373 e. The lowest BCUT2D eigenvalue weighted by Gasteiger charge is -2.36. The number of epoxide rings is 1. The number of hydrogen-bond acceptors (Lipinski definition) is 1. The van der Waals surface area contributed by atoms with Gasteiger partial charge in [0.05, 0.1) is 27.1 Å². The molecular formula is C15H26OSi2. The van der Waals surface area contributed by atoms with Crippen molar-refractivity contribution in [2.24, 2.45) is 0 Å². The molecular weight excluding hydrogens is 252 g/mol. The largest absolute Gasteiger partial charge is 0.373 e. The van der Waals surface area contributed by atoms with Crippen LogP contribution in [0.25, 0.3) is 0 Å². The maximum Gasteiger partial charge on any atom is 0.0846 e. The lowest BCUT2D eigenvalue weighted by Crippen LogP contribution is -2.59. The van der Waals surface area contributed by atoms with E-state index in [2.05, 4.69) is 69.6 Å². The van der Waals surface area contributed by atoms with Gasteiger partial charge in [0.15, 0.2) is 0 Å². The van der Waals surface area contributed by atoms with Crippen molar-refractivity contribution in [3.63, 3.8) is 0 Å². The van der Waals surface area contributed by atoms with E-state index in [1.54, 1.807) is 0 Å². The van der Waals surface area contributed by atoms with E-state index in [9.17, 15) is 0 Å². The summed E-state index contributed by atoms with van der Waals surface area (Å²) in [7, 11) is -2.57. The monoisotopic (exact) mass is 278 g/mol. The van der Waals surface area contributed by atoms with E-state index in [-0.39, 0.29) is 4.85 Å². The van der Waals surface area contributed by atoms with Crippen molar-refractivity contribution in [3.05, 3.63) is 35.9 Å². The molecule has 1 aliphatic rings. The summed E-state index contributed by atoms with van der Waals surface area (Å²) in [5.41, 5.74) is 1.42. The Balaban J connectivity index is 2.19. The number of rotatable bonds is 4. The van der Waals surface area contributed by atoms with Crippen LogP contribution in [0.4, 0.5) is 0 Å². The molecule has 0 aromatic heterocycles. The summed E-state index contributed by atoms with van der Waals surface area (Å²) in [4.78, 5) is 0.274. The van der Waals surface area contributed by atoms with Crippen LogP contribution >= 0.6 is 0 Å². The third kappa shape index (κ3) is 2.24. The molecule has 0 amide bonds. The van der Waals surface area contributed by atoms with E-state index in [4.69, 9.17) is 4.74 Å². The Kier molecular flexibility index (Phi) is 3.37. The van der Waals surface area contributed by atoms with Crippen LogP contribution in [0.3, 0.4) is 0 Å². The Hall–Kier alpha value is -0.386. The van der Waals surface area contributed by atoms with Gasteiger partial charge in [-0.05, 0) is 5.56 Å². The summed E-state index contributed by atoms with van der Waals surface area (Å²) in [6, 6.07) is 10.8. The van der Waals surface area contributed by atoms with Crippen LogP contribution in [0.5, 0.6) is 0 Å². The third-order valence-electron chi connectivity index (χ3n) is 4.22. The van der Waals surface area contributed by atoms with Crippen molar-refractivity contribution >= 4 is 16.1 Å². The second-order valence-electron chi connectivity index (χ2n) is 7.53. The van der Waals surface area contributed by atoms with Gasteiger partial charge < -0.3 is 4.74 Å². The zero-order valence-corrected chi connectivity index (χ0v) is 14.6. The molecule has 1 fully saturated rings. The van der Waals surface area contributed by atoms with Crippen LogP contribution < -0.4 is 0 Å². The van der Waals surface area contributed by atoms with E-state index >= 15 is 0 Å². The van der Waals surface area contributed by atoms with Crippen LogP contribution in [-0.2, 0) is 11.2 Å². The second-order valence-corrected chi connectivity index (χ2v) is 18.5. The molecule has 100 valence electrons. The lowest BCUT2D eigenvalue weighted by molar-refractivity contribution is 0.376. The molecule has 1 saturated heterocycles. The van der Waals surface area contributed by atoms with E-state index in [0.717, 1.165) is 6.42 Å². The molecule has 18 heavy (non-hydrogen) atoms. The van der Waals surface area contributed by atoms with Gasteiger partial charge in [0.1, 0.15) is 0 Å². The molecule has 0 aliphatic carbocycles. The Morgan fingerprint density at radius 1 is 0.944 bits per heavy atom. The Morgan fingerprint density at radius 3 is 1.83 bits per heavy atom. The molecule has 1 heterocycles. The smallest absolute Gasteiger partial charge is 0.0846 e. The number of hydrogen-bond donors (Lipinski definition) is 0. The fourth-order valence-corrected chi connectivity index (χ4v) is 15.8. The van der Waals surface area contributed by atoms with Crippen molar-refractivity contribution < 1.29 is 4.74 Å². The average molecular weight is 279 g/mol. The van der Waals surface area contributed by atoms with Crippen LogP contribution in [-0.4, -0.2) is 27.1 Å². The first-order chi connectivity index (χ1) is 8.18. The maximum atomic E-state index is 6.36. The van der Waals surface area contributed by atoms with E-state index in [0.29, 0.717) is 6.10 Å². The SMILES string of the molecule is C[Si](C)(C)C1([Si](C)(C)C)OC1Cc1ccccc1. The third-order valence-corrected chi connectivity index (χ3v) is 14.1. The molecule has 1 aromatic carbocycles. The standard InChI is InChI=1S/C15H26OSi2/c1-17(2,3)15(18(4,5)6)14(16-15)12-13-10-8-7-9-11-13/h7-11,14H,12H2,1-6H3. The molecule has 1 atom stereocenters. The van der Waals surface area contributed by atoms with Gasteiger partial charge in [-0.1, -0.05) is 69.6 Å². The van der Waals surface area contributed by atoms with Crippen LogP contribution in [0.2, 0.25) is 39.3 Å². The molecule has 0 radical (unpaired) electrons. The Bertz CT molecular complexity index is 400. The zero-order valence-electron chi connectivity index (χ0n) is 12.6. The van der Waals surface area contributed by atoms with Crippen molar-refractivity contribution in [3.8, 4) is 0 Å². The van der Waals surface area contributed by atoms with Crippen molar-refractivity contribution in [2.45, 2.75) is 56.7 Å². The summed E-state index contributed by atoms with van der Waals surface area (Å²) in [6.45, 7) is 14.8. The molecule has 0 bridgehead atoms. The van der Waals surface area contributed by atoms with Gasteiger partial charge in [-0.15, -0.1) is 0 Å². The summed E-state index contributed by atoms with van der Waals surface area (Å²) >= 11 is 0. The lowest BCUT2D eigenvalue weighted by atomic mass is 10.1. The predicted molar refractivity (Wildman–Crippen MR) is 84.4 cm³/mol. The molecule has 0 saturated carbocycles. The number of benzene rings is 1. The zero-order chi connectivity index (χ0) is 13.6. The fourth-order valence-electron chi connectivity index (χ4n) is 3.65. The summed E-state index contributed by atoms with van der Waals surface area (Å²) in [6.07, 6.45) is 1.56. The highest BCUT2D eigenvalue weighted by Crippen LogP contribution is 2.52. The van der Waals surface area contributed by atoms with Crippen molar-refractivity contribution in [2.75, 3.05) is 0 Å². The van der Waals surface area contributed by atoms with Crippen LogP contribution in [0.1, 0.15) is 5.56 Å². The Labute approximate surface area is 114 Å². The van der Waals surface area contributed by atoms with Gasteiger partial charge in [-0.25, -0.2) is 0 Å². The second kappa shape index (κ2) is 4.32. The molecule has 0 spiro atoms. The molecule has 1 aromatic rings. The van der Waals surface area contributed by atoms with Crippen LogP contribution in [0, 0.1) is 0 Å². The summed E-state index contributed by atoms with van der Waals surface area (Å²) in [5.74, 6) is 0. The quantitative estimate of drug-likeness (QED) is 0.596. The molecule has 0 N–H and O–H groups in total. The molecule has 3 heteroatoms. The Morgan fingerprint density at radius 2 is 1.44 bits per heavy atom. The normalized spacial score (nSPS) is 22.9. The highest BCUT2D eigenvalue weighted by Gasteiger charge is 2.69. The van der Waals surface area contributed by atoms with Gasteiger partial charge in [-0.3, -0.25) is 0 Å². The highest BCUT2D eigenvalue weighted by atomic mass is 28.4. The van der Waals surface area contributed by atoms with E-state index in [1.807, 2.05) is 0 Å². The molecule has 1 aliphatic heterocycles. The van der Waals surface area contributed by atoms with Gasteiger partial charge >= 0.3 is 0 Å². The minimum atomic E-state index is -1.29. The van der Waals surface area contributed by atoms with E-state index in [1.165, 1.54) is 5.56 Å². The summed E-state index contributed by atoms with van der Waals surface area (Å²) in [5, 5.41) is 0. The topological polar surface area (TPSA) is 12.5 Å². The maximum absolute atomic E-state index is 6.36. The molecule has 1 unspecified atom stereocenters. The summed E-state index contributed by atoms with van der Waals surface area (Å²) < 4.78 is 6.36. The van der Waals surface area contributed by atoms with Gasteiger partial charge in [-0.2, -0.15) is 0 Å². The predicted octanol–water partition coefficient (Wildman–Crippen LogP) is 4.12. The number of ether oxygens (including phenoxy) is 1. The average Bonchev–Trinajstić information content (AvgIpc) is 2.93. The van der Waals surface area contributed by atoms with Crippen LogP contribution in [0.15, 0.2) is 30.3 Å². The fraction of sp³-hybridized carbons (Fsp3) is 0.600. The molecule has 2 rings (SSSR count). The van der Waals surface area contributed by atoms with Gasteiger partial charge in [0.2, 0.25) is 0 Å². The van der Waals surface area contributed by atoms with Gasteiger partial charge in [0.25, 0.3) is 0 Å². The van der Waals surface area contributed by atoms with Crippen molar-refractivity contribution in [1.29, 1.82) is 0 Å². The van der Waals surface area contributed by atoms with Crippen molar-refractivity contribution in [1.82, 2.24) is 0 Å². The first-order valence-electron chi connectivity index (χ1n) is 6.90. The first-order valence-corrected chi connectivity index (χ1v) is 13.9.